The third-order valence-electron chi connectivity index (χ3n) is 2.90. The molecule has 0 heterocycles. The molecule has 0 saturated heterocycles. The third kappa shape index (κ3) is 4.52. The van der Waals surface area contributed by atoms with Gasteiger partial charge in [-0.25, -0.2) is 9.78 Å². The maximum atomic E-state index is 10.6. The number of hydrogen-bond donors (Lipinski definition) is 0. The Labute approximate surface area is 122 Å². The first kappa shape index (κ1) is 14.9. The van der Waals surface area contributed by atoms with Crippen molar-refractivity contribution in [3.63, 3.8) is 0 Å². The highest BCUT2D eigenvalue weighted by molar-refractivity contribution is 5.70. The molecule has 0 fully saturated rings. The molecule has 0 aliphatic carbocycles. The number of hydrogen-bond acceptors (Lipinski definition) is 4. The van der Waals surface area contributed by atoms with Crippen LogP contribution in [0.5, 0.6) is 0 Å². The van der Waals surface area contributed by atoms with E-state index in [0.717, 1.165) is 16.7 Å². The summed E-state index contributed by atoms with van der Waals surface area (Å²) in [4.78, 5) is 19.6. The largest absolute Gasteiger partial charge is 0.269 e. The second-order valence-corrected chi connectivity index (χ2v) is 4.35. The Bertz CT molecular complexity index is 618. The summed E-state index contributed by atoms with van der Waals surface area (Å²) in [6.45, 7) is 0.406. The fourth-order valence-electron chi connectivity index (χ4n) is 1.75. The van der Waals surface area contributed by atoms with Crippen LogP contribution >= 0.6 is 0 Å². The van der Waals surface area contributed by atoms with Crippen molar-refractivity contribution < 1.29 is 14.7 Å². The molecule has 0 aromatic heterocycles. The molecule has 0 N–H and O–H groups in total. The number of benzene rings is 2. The lowest BCUT2D eigenvalue weighted by Crippen LogP contribution is -1.90. The van der Waals surface area contributed by atoms with E-state index < -0.39 is 4.92 Å². The summed E-state index contributed by atoms with van der Waals surface area (Å²) < 4.78 is 0. The predicted octanol–water partition coefficient (Wildman–Crippen LogP) is 3.84. The average molecular weight is 285 g/mol. The smallest absolute Gasteiger partial charge is 0.258 e. The molecule has 0 aliphatic rings. The number of nitro groups is 1. The first-order chi connectivity index (χ1) is 10.2. The summed E-state index contributed by atoms with van der Waals surface area (Å²) in [5.74, 6) is 0. The van der Waals surface area contributed by atoms with Crippen molar-refractivity contribution in [1.82, 2.24) is 0 Å². The van der Waals surface area contributed by atoms with Crippen molar-refractivity contribution in [1.29, 1.82) is 0 Å². The van der Waals surface area contributed by atoms with Gasteiger partial charge in [0.05, 0.1) is 12.0 Å². The minimum absolute atomic E-state index is 0.0923. The minimum atomic E-state index is -0.408. The molecule has 2 aromatic carbocycles. The Balaban J connectivity index is 2.01. The maximum absolute atomic E-state index is 10.6. The zero-order chi connectivity index (χ0) is 15.1. The number of nitrogens with zero attached hydrogens (tertiary/aromatic N) is 1. The fraction of sp³-hybridized carbons (Fsp3) is 0.125. The van der Waals surface area contributed by atoms with Crippen LogP contribution in [0.25, 0.3) is 12.2 Å². The molecule has 0 unspecified atom stereocenters. The van der Waals surface area contributed by atoms with E-state index in [9.17, 15) is 10.1 Å². The van der Waals surface area contributed by atoms with Crippen LogP contribution in [0.2, 0.25) is 0 Å². The summed E-state index contributed by atoms with van der Waals surface area (Å²) in [5.41, 5.74) is 3.06. The fourth-order valence-corrected chi connectivity index (χ4v) is 1.75. The third-order valence-corrected chi connectivity index (χ3v) is 2.90. The zero-order valence-corrected chi connectivity index (χ0v) is 11.6. The summed E-state index contributed by atoms with van der Waals surface area (Å²) in [7, 11) is 1.47. The molecular weight excluding hydrogens is 270 g/mol. The highest BCUT2D eigenvalue weighted by Gasteiger charge is 2.02. The van der Waals surface area contributed by atoms with Crippen molar-refractivity contribution in [2.24, 2.45) is 0 Å². The summed E-state index contributed by atoms with van der Waals surface area (Å²) in [6.07, 6.45) is 3.85. The van der Waals surface area contributed by atoms with E-state index in [1.807, 2.05) is 36.4 Å². The maximum Gasteiger partial charge on any atom is 0.269 e. The molecule has 5 heteroatoms. The van der Waals surface area contributed by atoms with E-state index in [1.54, 1.807) is 12.1 Å². The molecule has 5 nitrogen and oxygen atoms in total. The van der Waals surface area contributed by atoms with Gasteiger partial charge in [-0.3, -0.25) is 10.1 Å². The lowest BCUT2D eigenvalue weighted by atomic mass is 10.1. The molecule has 0 aliphatic heterocycles. The van der Waals surface area contributed by atoms with E-state index in [-0.39, 0.29) is 5.69 Å². The van der Waals surface area contributed by atoms with Crippen LogP contribution in [-0.4, -0.2) is 12.0 Å². The zero-order valence-electron chi connectivity index (χ0n) is 11.6. The molecule has 108 valence electrons. The molecule has 0 saturated carbocycles. The molecule has 21 heavy (non-hydrogen) atoms. The number of rotatable bonds is 6. The summed E-state index contributed by atoms with van der Waals surface area (Å²) in [5, 5.41) is 10.6. The molecule has 0 atom stereocenters. The topological polar surface area (TPSA) is 61.6 Å². The van der Waals surface area contributed by atoms with Gasteiger partial charge in [-0.05, 0) is 28.8 Å². The summed E-state index contributed by atoms with van der Waals surface area (Å²) in [6, 6.07) is 14.3. The Morgan fingerprint density at radius 1 is 1.00 bits per heavy atom. The van der Waals surface area contributed by atoms with Gasteiger partial charge in [0.1, 0.15) is 6.61 Å². The van der Waals surface area contributed by atoms with Gasteiger partial charge in [-0.1, -0.05) is 36.4 Å². The standard InChI is InChI=1S/C16H15NO4/c1-20-21-12-15-6-4-13(5-7-15)2-3-14-8-10-16(11-9-14)17(18)19/h2-11H,12H2,1H3/b3-2+. The van der Waals surface area contributed by atoms with Gasteiger partial charge in [0, 0.05) is 12.1 Å². The monoisotopic (exact) mass is 285 g/mol. The normalized spacial score (nSPS) is 10.9. The van der Waals surface area contributed by atoms with Gasteiger partial charge in [-0.2, -0.15) is 0 Å². The Hall–Kier alpha value is -2.50. The van der Waals surface area contributed by atoms with Gasteiger partial charge < -0.3 is 0 Å². The first-order valence-corrected chi connectivity index (χ1v) is 6.36. The number of nitro benzene ring substituents is 1. The van der Waals surface area contributed by atoms with Gasteiger partial charge in [-0.15, -0.1) is 0 Å². The van der Waals surface area contributed by atoms with E-state index in [0.29, 0.717) is 6.61 Å². The highest BCUT2D eigenvalue weighted by atomic mass is 17.2. The van der Waals surface area contributed by atoms with Crippen LogP contribution in [0.3, 0.4) is 0 Å². The highest BCUT2D eigenvalue weighted by Crippen LogP contribution is 2.15. The SMILES string of the molecule is COOCc1ccc(/C=C/c2ccc([N+](=O)[O-])cc2)cc1. The van der Waals surface area contributed by atoms with Gasteiger partial charge in [0.2, 0.25) is 0 Å². The molecular formula is C16H15NO4. The quantitative estimate of drug-likeness (QED) is 0.350. The van der Waals surface area contributed by atoms with Crippen molar-refractivity contribution in [3.8, 4) is 0 Å². The van der Waals surface area contributed by atoms with Crippen LogP contribution in [0.4, 0.5) is 5.69 Å². The lowest BCUT2D eigenvalue weighted by molar-refractivity contribution is -0.384. The summed E-state index contributed by atoms with van der Waals surface area (Å²) >= 11 is 0. The van der Waals surface area contributed by atoms with Crippen LogP contribution in [0.1, 0.15) is 16.7 Å². The molecule has 0 bridgehead atoms. The predicted molar refractivity (Wildman–Crippen MR) is 80.3 cm³/mol. The first-order valence-electron chi connectivity index (χ1n) is 6.36. The Kier molecular flexibility index (Phi) is 5.20. The van der Waals surface area contributed by atoms with Crippen LogP contribution < -0.4 is 0 Å². The molecule has 0 amide bonds. The van der Waals surface area contributed by atoms with Crippen LogP contribution in [-0.2, 0) is 16.4 Å². The minimum Gasteiger partial charge on any atom is -0.258 e. The van der Waals surface area contributed by atoms with Crippen molar-refractivity contribution in [3.05, 3.63) is 75.3 Å². The molecule has 2 rings (SSSR count). The van der Waals surface area contributed by atoms with Crippen LogP contribution in [0.15, 0.2) is 48.5 Å². The van der Waals surface area contributed by atoms with E-state index in [2.05, 4.69) is 4.89 Å². The Morgan fingerprint density at radius 2 is 1.52 bits per heavy atom. The second-order valence-electron chi connectivity index (χ2n) is 4.35. The molecule has 0 radical (unpaired) electrons. The molecule has 2 aromatic rings. The van der Waals surface area contributed by atoms with E-state index in [4.69, 9.17) is 4.89 Å². The van der Waals surface area contributed by atoms with Crippen molar-refractivity contribution >= 4 is 17.8 Å². The van der Waals surface area contributed by atoms with Crippen molar-refractivity contribution in [2.45, 2.75) is 6.61 Å². The van der Waals surface area contributed by atoms with E-state index >= 15 is 0 Å². The van der Waals surface area contributed by atoms with Crippen molar-refractivity contribution in [2.75, 3.05) is 7.11 Å². The Morgan fingerprint density at radius 3 is 2.00 bits per heavy atom. The van der Waals surface area contributed by atoms with Gasteiger partial charge in [0.25, 0.3) is 5.69 Å². The number of non-ortho nitro benzene ring substituents is 1. The lowest BCUT2D eigenvalue weighted by Gasteiger charge is -2.01. The van der Waals surface area contributed by atoms with E-state index in [1.165, 1.54) is 19.2 Å². The molecule has 0 spiro atoms. The van der Waals surface area contributed by atoms with Crippen LogP contribution in [0, 0.1) is 10.1 Å². The second kappa shape index (κ2) is 7.33. The van der Waals surface area contributed by atoms with Gasteiger partial charge >= 0.3 is 0 Å². The van der Waals surface area contributed by atoms with Gasteiger partial charge in [0.15, 0.2) is 0 Å². The average Bonchev–Trinajstić information content (AvgIpc) is 2.52.